The van der Waals surface area contributed by atoms with E-state index >= 15 is 0 Å². The number of nitrogens with zero attached hydrogens (tertiary/aromatic N) is 2. The fraction of sp³-hybridized carbons (Fsp3) is 0.455. The van der Waals surface area contributed by atoms with Crippen LogP contribution in [0.2, 0.25) is 0 Å². The molecule has 0 saturated carbocycles. The number of hydrogen-bond acceptors (Lipinski definition) is 4. The van der Waals surface area contributed by atoms with Crippen molar-refractivity contribution in [2.24, 2.45) is 5.41 Å². The van der Waals surface area contributed by atoms with Gasteiger partial charge in [0.05, 0.1) is 17.7 Å². The number of rotatable bonds is 3. The largest absolute Gasteiger partial charge is 0.301 e. The summed E-state index contributed by atoms with van der Waals surface area (Å²) in [5, 5.41) is 10.6. The van der Waals surface area contributed by atoms with Crippen molar-refractivity contribution < 1.29 is 9.72 Å². The molecule has 0 aliphatic rings. The Morgan fingerprint density at radius 1 is 1.41 bits per heavy atom. The summed E-state index contributed by atoms with van der Waals surface area (Å²) >= 11 is 0. The number of Topliss-reactive ketones (excluding diaryl/α,β-unsaturated/α-hetero) is 1. The molecule has 6 nitrogen and oxygen atoms in total. The van der Waals surface area contributed by atoms with E-state index < -0.39 is 15.9 Å². The second-order valence-electron chi connectivity index (χ2n) is 4.78. The van der Waals surface area contributed by atoms with Crippen molar-refractivity contribution in [2.45, 2.75) is 27.3 Å². The lowest BCUT2D eigenvalue weighted by atomic mass is 9.91. The maximum atomic E-state index is 11.7. The molecule has 0 saturated heterocycles. The zero-order chi connectivity index (χ0) is 13.2. The van der Waals surface area contributed by atoms with Gasteiger partial charge in [0.2, 0.25) is 0 Å². The number of carbonyl (C=O) groups excluding carboxylic acids is 1. The molecule has 17 heavy (non-hydrogen) atoms. The highest BCUT2D eigenvalue weighted by atomic mass is 16.6. The van der Waals surface area contributed by atoms with Crippen LogP contribution in [0.5, 0.6) is 0 Å². The molecule has 92 valence electrons. The number of carbonyl (C=O) groups is 1. The Morgan fingerprint density at radius 2 is 2.00 bits per heavy atom. The van der Waals surface area contributed by atoms with Crippen LogP contribution in [0.25, 0.3) is 0 Å². The van der Waals surface area contributed by atoms with Crippen LogP contribution in [0.1, 0.15) is 20.8 Å². The van der Waals surface area contributed by atoms with Gasteiger partial charge in [-0.3, -0.25) is 19.7 Å². The third-order valence-electron chi connectivity index (χ3n) is 2.33. The van der Waals surface area contributed by atoms with Gasteiger partial charge in [0.25, 0.3) is 11.2 Å². The molecule has 1 rings (SSSR count). The monoisotopic (exact) mass is 238 g/mol. The minimum Gasteiger partial charge on any atom is -0.301 e. The number of pyridine rings is 1. The van der Waals surface area contributed by atoms with Crippen LogP contribution in [-0.2, 0) is 11.3 Å². The van der Waals surface area contributed by atoms with Crippen LogP contribution in [0.15, 0.2) is 23.1 Å². The molecule has 0 amide bonds. The molecule has 0 spiro atoms. The van der Waals surface area contributed by atoms with Crippen molar-refractivity contribution in [1.29, 1.82) is 0 Å². The quantitative estimate of drug-likeness (QED) is 0.588. The Bertz CT molecular complexity index is 511. The van der Waals surface area contributed by atoms with Crippen LogP contribution in [0, 0.1) is 15.5 Å². The van der Waals surface area contributed by atoms with Gasteiger partial charge in [-0.25, -0.2) is 0 Å². The van der Waals surface area contributed by atoms with Crippen molar-refractivity contribution in [3.63, 3.8) is 0 Å². The van der Waals surface area contributed by atoms with Crippen molar-refractivity contribution in [2.75, 3.05) is 0 Å². The summed E-state index contributed by atoms with van der Waals surface area (Å²) in [6.45, 7) is 5.05. The number of hydrogen-bond donors (Lipinski definition) is 0. The Labute approximate surface area is 98.0 Å². The van der Waals surface area contributed by atoms with E-state index in [1.165, 1.54) is 0 Å². The van der Waals surface area contributed by atoms with E-state index in [-0.39, 0.29) is 18.0 Å². The van der Waals surface area contributed by atoms with Crippen LogP contribution in [0.3, 0.4) is 0 Å². The summed E-state index contributed by atoms with van der Waals surface area (Å²) in [5.41, 5.74) is -1.20. The molecular weight excluding hydrogens is 224 g/mol. The van der Waals surface area contributed by atoms with Gasteiger partial charge in [-0.2, -0.15) is 0 Å². The molecule has 0 aliphatic heterocycles. The third-order valence-corrected chi connectivity index (χ3v) is 2.33. The zero-order valence-electron chi connectivity index (χ0n) is 9.97. The van der Waals surface area contributed by atoms with E-state index in [9.17, 15) is 19.7 Å². The lowest BCUT2D eigenvalue weighted by Gasteiger charge is -2.16. The Kier molecular flexibility index (Phi) is 3.45. The molecule has 0 aliphatic carbocycles. The minimum absolute atomic E-state index is 0.149. The maximum Gasteiger partial charge on any atom is 0.285 e. The molecule has 0 bridgehead atoms. The van der Waals surface area contributed by atoms with E-state index in [0.29, 0.717) is 0 Å². The Balaban J connectivity index is 3.07. The standard InChI is InChI=1S/C11H14N2O4/c1-11(2,3)9(14)7-12-6-8(13(16)17)4-5-10(12)15/h4-6H,7H2,1-3H3. The van der Waals surface area contributed by atoms with Crippen molar-refractivity contribution >= 4 is 11.5 Å². The first-order valence-electron chi connectivity index (χ1n) is 5.10. The van der Waals surface area contributed by atoms with Gasteiger partial charge in [-0.15, -0.1) is 0 Å². The average Bonchev–Trinajstić information content (AvgIpc) is 2.19. The second-order valence-corrected chi connectivity index (χ2v) is 4.78. The maximum absolute atomic E-state index is 11.7. The minimum atomic E-state index is -0.600. The lowest BCUT2D eigenvalue weighted by molar-refractivity contribution is -0.385. The Morgan fingerprint density at radius 3 is 2.47 bits per heavy atom. The SMILES string of the molecule is CC(C)(C)C(=O)Cn1cc([N+](=O)[O-])ccc1=O. The molecule has 0 fully saturated rings. The summed E-state index contributed by atoms with van der Waals surface area (Å²) in [4.78, 5) is 33.1. The van der Waals surface area contributed by atoms with Crippen LogP contribution >= 0.6 is 0 Å². The van der Waals surface area contributed by atoms with Crippen LogP contribution < -0.4 is 5.56 Å². The van der Waals surface area contributed by atoms with Gasteiger partial charge in [-0.1, -0.05) is 20.8 Å². The topological polar surface area (TPSA) is 82.2 Å². The van der Waals surface area contributed by atoms with E-state index in [1.54, 1.807) is 20.8 Å². The third kappa shape index (κ3) is 3.24. The zero-order valence-corrected chi connectivity index (χ0v) is 9.97. The summed E-state index contributed by atoms with van der Waals surface area (Å²) < 4.78 is 1.06. The van der Waals surface area contributed by atoms with Gasteiger partial charge in [0.1, 0.15) is 0 Å². The second kappa shape index (κ2) is 4.48. The van der Waals surface area contributed by atoms with Crippen molar-refractivity contribution in [3.8, 4) is 0 Å². The number of nitro groups is 1. The van der Waals surface area contributed by atoms with E-state index in [1.807, 2.05) is 0 Å². The molecule has 0 unspecified atom stereocenters. The predicted octanol–water partition coefficient (Wildman–Crippen LogP) is 1.37. The number of ketones is 1. The summed E-state index contributed by atoms with van der Waals surface area (Å²) in [5.74, 6) is -0.153. The number of aromatic nitrogens is 1. The van der Waals surface area contributed by atoms with Gasteiger partial charge in [0.15, 0.2) is 5.78 Å². The fourth-order valence-electron chi connectivity index (χ4n) is 1.14. The molecule has 1 aromatic heterocycles. The highest BCUT2D eigenvalue weighted by Gasteiger charge is 2.22. The van der Waals surface area contributed by atoms with Crippen LogP contribution in [0.4, 0.5) is 5.69 Å². The van der Waals surface area contributed by atoms with Gasteiger partial charge < -0.3 is 4.57 Å². The lowest BCUT2D eigenvalue weighted by Crippen LogP contribution is -2.30. The molecule has 0 radical (unpaired) electrons. The van der Waals surface area contributed by atoms with Gasteiger partial charge in [-0.05, 0) is 0 Å². The summed E-state index contributed by atoms with van der Waals surface area (Å²) in [7, 11) is 0. The summed E-state index contributed by atoms with van der Waals surface area (Å²) in [6.07, 6.45) is 1.09. The smallest absolute Gasteiger partial charge is 0.285 e. The predicted molar refractivity (Wildman–Crippen MR) is 61.8 cm³/mol. The fourth-order valence-corrected chi connectivity index (χ4v) is 1.14. The molecule has 0 N–H and O–H groups in total. The van der Waals surface area contributed by atoms with Crippen molar-refractivity contribution in [3.05, 3.63) is 38.8 Å². The molecule has 1 heterocycles. The van der Waals surface area contributed by atoms with Gasteiger partial charge in [0, 0.05) is 17.5 Å². The highest BCUT2D eigenvalue weighted by Crippen LogP contribution is 2.15. The molecule has 0 atom stereocenters. The van der Waals surface area contributed by atoms with E-state index in [4.69, 9.17) is 0 Å². The van der Waals surface area contributed by atoms with E-state index in [2.05, 4.69) is 0 Å². The molecule has 0 aromatic carbocycles. The van der Waals surface area contributed by atoms with Crippen LogP contribution in [-0.4, -0.2) is 15.3 Å². The molecule has 6 heteroatoms. The first-order valence-corrected chi connectivity index (χ1v) is 5.10. The average molecular weight is 238 g/mol. The first kappa shape index (κ1) is 13.1. The highest BCUT2D eigenvalue weighted by molar-refractivity contribution is 5.83. The van der Waals surface area contributed by atoms with Crippen molar-refractivity contribution in [1.82, 2.24) is 4.57 Å². The Hall–Kier alpha value is -1.98. The first-order chi connectivity index (χ1) is 7.71. The van der Waals surface area contributed by atoms with Gasteiger partial charge >= 0.3 is 0 Å². The normalized spacial score (nSPS) is 11.2. The summed E-state index contributed by atoms with van der Waals surface area (Å²) in [6, 6.07) is 2.22. The van der Waals surface area contributed by atoms with E-state index in [0.717, 1.165) is 22.9 Å². The molecular formula is C11H14N2O4. The molecule has 1 aromatic rings.